The largest absolute Gasteiger partial charge is 0.354 e. The maximum atomic E-state index is 13.2. The van der Waals surface area contributed by atoms with Crippen molar-refractivity contribution in [1.29, 1.82) is 0 Å². The van der Waals surface area contributed by atoms with E-state index < -0.39 is 6.04 Å². The number of amides is 2. The summed E-state index contributed by atoms with van der Waals surface area (Å²) in [6.45, 7) is 7.22. The first-order valence-electron chi connectivity index (χ1n) is 10.7. The minimum absolute atomic E-state index is 0.0212. The third-order valence-corrected chi connectivity index (χ3v) is 5.12. The standard InChI is InChI=1S/C25H34N2O2/c1-4-6-17-26-25(29)23(5-2)27(19-22-14-10-11-20(3)18-22)24(28)16-15-21-12-8-7-9-13-21/h7-14,18,23H,4-6,15-17,19H2,1-3H3,(H,26,29)/t23-/m0/s1. The Morgan fingerprint density at radius 1 is 1.00 bits per heavy atom. The quantitative estimate of drug-likeness (QED) is 0.564. The van der Waals surface area contributed by atoms with Gasteiger partial charge in [0.2, 0.25) is 11.8 Å². The number of nitrogens with one attached hydrogen (secondary N) is 1. The van der Waals surface area contributed by atoms with Crippen molar-refractivity contribution in [1.82, 2.24) is 10.2 Å². The van der Waals surface area contributed by atoms with Crippen LogP contribution in [0.5, 0.6) is 0 Å². The lowest BCUT2D eigenvalue weighted by Crippen LogP contribution is -2.49. The van der Waals surface area contributed by atoms with Crippen LogP contribution < -0.4 is 5.32 Å². The van der Waals surface area contributed by atoms with Gasteiger partial charge in [0.25, 0.3) is 0 Å². The lowest BCUT2D eigenvalue weighted by molar-refractivity contribution is -0.141. The molecule has 2 amide bonds. The van der Waals surface area contributed by atoms with Crippen molar-refractivity contribution in [3.8, 4) is 0 Å². The average molecular weight is 395 g/mol. The second kappa shape index (κ2) is 12.1. The SMILES string of the molecule is CCCCNC(=O)[C@H](CC)N(Cc1cccc(C)c1)C(=O)CCc1ccccc1. The molecule has 1 N–H and O–H groups in total. The Balaban J connectivity index is 2.16. The van der Waals surface area contributed by atoms with Crippen LogP contribution in [0.1, 0.15) is 56.2 Å². The zero-order valence-electron chi connectivity index (χ0n) is 18.0. The highest BCUT2D eigenvalue weighted by Gasteiger charge is 2.28. The van der Waals surface area contributed by atoms with Gasteiger partial charge in [-0.25, -0.2) is 0 Å². The topological polar surface area (TPSA) is 49.4 Å². The summed E-state index contributed by atoms with van der Waals surface area (Å²) in [5.74, 6) is -0.0329. The van der Waals surface area contributed by atoms with Gasteiger partial charge in [-0.2, -0.15) is 0 Å². The second-order valence-corrected chi connectivity index (χ2v) is 7.56. The highest BCUT2D eigenvalue weighted by atomic mass is 16.2. The van der Waals surface area contributed by atoms with Crippen LogP contribution in [0.3, 0.4) is 0 Å². The normalized spacial score (nSPS) is 11.7. The highest BCUT2D eigenvalue weighted by molar-refractivity contribution is 5.87. The van der Waals surface area contributed by atoms with Crippen molar-refractivity contribution in [2.24, 2.45) is 0 Å². The van der Waals surface area contributed by atoms with Crippen LogP contribution in [-0.4, -0.2) is 29.3 Å². The number of carbonyl (C=O) groups is 2. The average Bonchev–Trinajstić information content (AvgIpc) is 2.73. The zero-order valence-corrected chi connectivity index (χ0v) is 18.0. The molecule has 0 aromatic heterocycles. The number of hydrogen-bond acceptors (Lipinski definition) is 2. The fraction of sp³-hybridized carbons (Fsp3) is 0.440. The summed E-state index contributed by atoms with van der Waals surface area (Å²) < 4.78 is 0. The molecule has 29 heavy (non-hydrogen) atoms. The van der Waals surface area contributed by atoms with Gasteiger partial charge in [-0.15, -0.1) is 0 Å². The molecular weight excluding hydrogens is 360 g/mol. The Labute approximate surface area is 175 Å². The molecule has 156 valence electrons. The van der Waals surface area contributed by atoms with Gasteiger partial charge in [0, 0.05) is 19.5 Å². The Morgan fingerprint density at radius 2 is 1.72 bits per heavy atom. The van der Waals surface area contributed by atoms with E-state index >= 15 is 0 Å². The number of aryl methyl sites for hydroxylation is 2. The van der Waals surface area contributed by atoms with Gasteiger partial charge in [-0.05, 0) is 37.3 Å². The van der Waals surface area contributed by atoms with Crippen molar-refractivity contribution < 1.29 is 9.59 Å². The minimum atomic E-state index is -0.448. The molecule has 0 heterocycles. The summed E-state index contributed by atoms with van der Waals surface area (Å²) in [5, 5.41) is 3.01. The maximum absolute atomic E-state index is 13.2. The van der Waals surface area contributed by atoms with E-state index in [1.54, 1.807) is 4.90 Å². The Bertz CT molecular complexity index is 773. The third kappa shape index (κ3) is 7.37. The maximum Gasteiger partial charge on any atom is 0.242 e. The summed E-state index contributed by atoms with van der Waals surface area (Å²) in [6.07, 6.45) is 3.65. The zero-order chi connectivity index (χ0) is 21.1. The van der Waals surface area contributed by atoms with Crippen LogP contribution in [-0.2, 0) is 22.6 Å². The van der Waals surface area contributed by atoms with Crippen molar-refractivity contribution >= 4 is 11.8 Å². The van der Waals surface area contributed by atoms with E-state index in [4.69, 9.17) is 0 Å². The number of carbonyl (C=O) groups excluding carboxylic acids is 2. The summed E-state index contributed by atoms with van der Waals surface area (Å²) in [7, 11) is 0. The number of rotatable bonds is 11. The minimum Gasteiger partial charge on any atom is -0.354 e. The lowest BCUT2D eigenvalue weighted by Gasteiger charge is -2.31. The molecule has 4 heteroatoms. The Morgan fingerprint density at radius 3 is 2.38 bits per heavy atom. The van der Waals surface area contributed by atoms with E-state index in [2.05, 4.69) is 18.3 Å². The van der Waals surface area contributed by atoms with Gasteiger partial charge >= 0.3 is 0 Å². The predicted molar refractivity (Wildman–Crippen MR) is 118 cm³/mol. The summed E-state index contributed by atoms with van der Waals surface area (Å²) in [4.78, 5) is 27.8. The predicted octanol–water partition coefficient (Wildman–Crippen LogP) is 4.65. The first-order valence-corrected chi connectivity index (χ1v) is 10.7. The molecule has 0 radical (unpaired) electrons. The van der Waals surface area contributed by atoms with Gasteiger partial charge < -0.3 is 10.2 Å². The van der Waals surface area contributed by atoms with E-state index in [1.807, 2.05) is 62.4 Å². The van der Waals surface area contributed by atoms with Crippen LogP contribution in [0.25, 0.3) is 0 Å². The fourth-order valence-electron chi connectivity index (χ4n) is 3.47. The van der Waals surface area contributed by atoms with E-state index in [0.717, 1.165) is 29.5 Å². The number of unbranched alkanes of at least 4 members (excludes halogenated alkanes) is 1. The third-order valence-electron chi connectivity index (χ3n) is 5.12. The van der Waals surface area contributed by atoms with Crippen LogP contribution in [0, 0.1) is 6.92 Å². The van der Waals surface area contributed by atoms with Crippen molar-refractivity contribution in [3.05, 3.63) is 71.3 Å². The van der Waals surface area contributed by atoms with E-state index in [0.29, 0.717) is 32.4 Å². The molecule has 2 aromatic rings. The van der Waals surface area contributed by atoms with Crippen molar-refractivity contribution in [2.45, 2.75) is 65.5 Å². The molecular formula is C25H34N2O2. The lowest BCUT2D eigenvalue weighted by atomic mass is 10.1. The molecule has 0 aliphatic heterocycles. The van der Waals surface area contributed by atoms with Crippen molar-refractivity contribution in [2.75, 3.05) is 6.54 Å². The first-order chi connectivity index (χ1) is 14.0. The summed E-state index contributed by atoms with van der Waals surface area (Å²) >= 11 is 0. The smallest absolute Gasteiger partial charge is 0.242 e. The molecule has 0 saturated carbocycles. The molecule has 0 unspecified atom stereocenters. The molecule has 4 nitrogen and oxygen atoms in total. The van der Waals surface area contributed by atoms with E-state index in [-0.39, 0.29) is 11.8 Å². The van der Waals surface area contributed by atoms with Gasteiger partial charge in [-0.3, -0.25) is 9.59 Å². The summed E-state index contributed by atoms with van der Waals surface area (Å²) in [6, 6.07) is 17.7. The van der Waals surface area contributed by atoms with Crippen molar-refractivity contribution in [3.63, 3.8) is 0 Å². The Kier molecular flexibility index (Phi) is 9.42. The van der Waals surface area contributed by atoms with Crippen LogP contribution in [0.4, 0.5) is 0 Å². The fourth-order valence-corrected chi connectivity index (χ4v) is 3.47. The van der Waals surface area contributed by atoms with Gasteiger partial charge in [0.1, 0.15) is 6.04 Å². The Hall–Kier alpha value is -2.62. The van der Waals surface area contributed by atoms with Crippen LogP contribution in [0.15, 0.2) is 54.6 Å². The van der Waals surface area contributed by atoms with E-state index in [9.17, 15) is 9.59 Å². The molecule has 0 aliphatic carbocycles. The van der Waals surface area contributed by atoms with Crippen LogP contribution in [0.2, 0.25) is 0 Å². The number of nitrogens with zero attached hydrogens (tertiary/aromatic N) is 1. The molecule has 0 fully saturated rings. The van der Waals surface area contributed by atoms with Gasteiger partial charge in [-0.1, -0.05) is 80.4 Å². The number of hydrogen-bond donors (Lipinski definition) is 1. The molecule has 0 bridgehead atoms. The highest BCUT2D eigenvalue weighted by Crippen LogP contribution is 2.16. The second-order valence-electron chi connectivity index (χ2n) is 7.56. The molecule has 0 spiro atoms. The van der Waals surface area contributed by atoms with Gasteiger partial charge in [0.05, 0.1) is 0 Å². The van der Waals surface area contributed by atoms with Gasteiger partial charge in [0.15, 0.2) is 0 Å². The van der Waals surface area contributed by atoms with Crippen LogP contribution >= 0.6 is 0 Å². The molecule has 2 aromatic carbocycles. The molecule has 1 atom stereocenters. The monoisotopic (exact) mass is 394 g/mol. The molecule has 2 rings (SSSR count). The first kappa shape index (κ1) is 22.7. The summed E-state index contributed by atoms with van der Waals surface area (Å²) in [5.41, 5.74) is 3.34. The molecule has 0 aliphatic rings. The number of benzene rings is 2. The molecule has 0 saturated heterocycles. The van der Waals surface area contributed by atoms with E-state index in [1.165, 1.54) is 0 Å².